The quantitative estimate of drug-likeness (QED) is 0.616. The lowest BCUT2D eigenvalue weighted by Crippen LogP contribution is -2.42. The number of aliphatic hydroxyl groups excluding tert-OH is 1. The molecule has 2 fully saturated rings. The maximum Gasteiger partial charge on any atom is 0.253 e. The van der Waals surface area contributed by atoms with Crippen molar-refractivity contribution in [3.05, 3.63) is 72.9 Å². The first kappa shape index (κ1) is 18.7. The summed E-state index contributed by atoms with van der Waals surface area (Å²) in [5.74, 6) is 0.497. The van der Waals surface area contributed by atoms with Gasteiger partial charge < -0.3 is 14.4 Å². The van der Waals surface area contributed by atoms with Gasteiger partial charge >= 0.3 is 0 Å². The average Bonchev–Trinajstić information content (AvgIpc) is 3.46. The first-order valence-electron chi connectivity index (χ1n) is 10.0. The van der Waals surface area contributed by atoms with Crippen molar-refractivity contribution in [2.45, 2.75) is 37.7 Å². The summed E-state index contributed by atoms with van der Waals surface area (Å²) in [6.07, 6.45) is 14.0. The van der Waals surface area contributed by atoms with Crippen LogP contribution in [-0.4, -0.2) is 38.4 Å². The first-order chi connectivity index (χ1) is 13.6. The Balaban J connectivity index is 1.62. The molecule has 0 spiro atoms. The van der Waals surface area contributed by atoms with E-state index >= 15 is 0 Å². The fourth-order valence-corrected chi connectivity index (χ4v) is 4.33. The van der Waals surface area contributed by atoms with Gasteiger partial charge in [0.2, 0.25) is 0 Å². The molecule has 2 aromatic heterocycles. The second-order valence-electron chi connectivity index (χ2n) is 7.81. The van der Waals surface area contributed by atoms with Gasteiger partial charge in [0.25, 0.3) is 5.91 Å². The van der Waals surface area contributed by atoms with E-state index in [9.17, 15) is 9.90 Å². The van der Waals surface area contributed by atoms with Crippen LogP contribution in [0.5, 0.6) is 0 Å². The molecule has 146 valence electrons. The zero-order valence-electron chi connectivity index (χ0n) is 16.1. The molecule has 1 amide bonds. The fraction of sp³-hybridized carbons (Fsp3) is 0.391. The second kappa shape index (κ2) is 7.76. The van der Waals surface area contributed by atoms with Crippen molar-refractivity contribution in [1.82, 2.24) is 14.3 Å². The Morgan fingerprint density at radius 3 is 2.86 bits per heavy atom. The van der Waals surface area contributed by atoms with Gasteiger partial charge in [-0.15, -0.1) is 0 Å². The number of carbonyl (C=O) groups excluding carboxylic acids is 1. The van der Waals surface area contributed by atoms with E-state index in [1.54, 1.807) is 24.6 Å². The van der Waals surface area contributed by atoms with Crippen molar-refractivity contribution in [2.75, 3.05) is 13.1 Å². The van der Waals surface area contributed by atoms with Crippen LogP contribution in [0.1, 0.15) is 48.8 Å². The summed E-state index contributed by atoms with van der Waals surface area (Å²) in [7, 11) is 0. The number of pyridine rings is 1. The molecule has 5 nitrogen and oxygen atoms in total. The number of hydrogen-bond acceptors (Lipinski definition) is 3. The van der Waals surface area contributed by atoms with Gasteiger partial charge in [-0.1, -0.05) is 31.4 Å². The average molecular weight is 377 g/mol. The van der Waals surface area contributed by atoms with Gasteiger partial charge in [0.05, 0.1) is 24.1 Å². The van der Waals surface area contributed by atoms with Gasteiger partial charge in [-0.05, 0) is 43.2 Å². The SMILES string of the molecule is C=C/C=C(\C=C)C(=O)N1CCCC(C(O)c2c(C3CC3)ccn3cncc23)C1. The lowest BCUT2D eigenvalue weighted by atomic mass is 9.85. The van der Waals surface area contributed by atoms with Crippen LogP contribution in [0.3, 0.4) is 0 Å². The Morgan fingerprint density at radius 1 is 1.32 bits per heavy atom. The number of rotatable bonds is 6. The van der Waals surface area contributed by atoms with Crippen molar-refractivity contribution in [3.63, 3.8) is 0 Å². The number of nitrogens with zero attached hydrogens (tertiary/aromatic N) is 3. The molecule has 4 rings (SSSR count). The highest BCUT2D eigenvalue weighted by atomic mass is 16.3. The Morgan fingerprint density at radius 2 is 2.14 bits per heavy atom. The number of likely N-dealkylation sites (tertiary alicyclic amines) is 1. The Hall–Kier alpha value is -2.66. The summed E-state index contributed by atoms with van der Waals surface area (Å²) in [5.41, 5.74) is 3.75. The summed E-state index contributed by atoms with van der Waals surface area (Å²) in [6, 6.07) is 2.12. The molecule has 2 unspecified atom stereocenters. The maximum atomic E-state index is 12.8. The van der Waals surface area contributed by atoms with Crippen molar-refractivity contribution >= 4 is 11.4 Å². The van der Waals surface area contributed by atoms with Crippen LogP contribution in [0.2, 0.25) is 0 Å². The van der Waals surface area contributed by atoms with Gasteiger partial charge in [-0.25, -0.2) is 4.98 Å². The molecular weight excluding hydrogens is 350 g/mol. The minimum Gasteiger partial charge on any atom is -0.388 e. The van der Waals surface area contributed by atoms with Crippen LogP contribution >= 0.6 is 0 Å². The third-order valence-electron chi connectivity index (χ3n) is 5.94. The van der Waals surface area contributed by atoms with E-state index in [2.05, 4.69) is 24.2 Å². The van der Waals surface area contributed by atoms with E-state index in [4.69, 9.17) is 0 Å². The van der Waals surface area contributed by atoms with E-state index in [0.29, 0.717) is 24.6 Å². The summed E-state index contributed by atoms with van der Waals surface area (Å²) >= 11 is 0. The smallest absolute Gasteiger partial charge is 0.253 e. The predicted molar refractivity (Wildman–Crippen MR) is 110 cm³/mol. The molecular formula is C23H27N3O2. The molecule has 28 heavy (non-hydrogen) atoms. The highest BCUT2D eigenvalue weighted by Crippen LogP contribution is 2.45. The number of allylic oxidation sites excluding steroid dienone is 2. The van der Waals surface area contributed by atoms with Crippen LogP contribution in [-0.2, 0) is 4.79 Å². The number of carbonyl (C=O) groups is 1. The van der Waals surface area contributed by atoms with Gasteiger partial charge in [0, 0.05) is 36.3 Å². The molecule has 3 heterocycles. The lowest BCUT2D eigenvalue weighted by Gasteiger charge is -2.36. The maximum absolute atomic E-state index is 12.8. The van der Waals surface area contributed by atoms with Crippen LogP contribution < -0.4 is 0 Å². The zero-order chi connectivity index (χ0) is 19.7. The molecule has 2 aromatic rings. The van der Waals surface area contributed by atoms with Gasteiger partial charge in [0.15, 0.2) is 0 Å². The molecule has 0 radical (unpaired) electrons. The van der Waals surface area contributed by atoms with Gasteiger partial charge in [-0.3, -0.25) is 4.79 Å². The molecule has 1 aliphatic heterocycles. The number of hydrogen-bond donors (Lipinski definition) is 1. The van der Waals surface area contributed by atoms with E-state index in [1.807, 2.05) is 21.7 Å². The number of aromatic nitrogens is 2. The molecule has 5 heteroatoms. The van der Waals surface area contributed by atoms with Gasteiger partial charge in [0.1, 0.15) is 0 Å². The van der Waals surface area contributed by atoms with Crippen molar-refractivity contribution < 1.29 is 9.90 Å². The highest BCUT2D eigenvalue weighted by molar-refractivity contribution is 5.96. The molecule has 0 aromatic carbocycles. The highest BCUT2D eigenvalue weighted by Gasteiger charge is 2.35. The number of aliphatic hydroxyl groups is 1. The monoisotopic (exact) mass is 377 g/mol. The van der Waals surface area contributed by atoms with Crippen LogP contribution in [0.15, 0.2) is 61.7 Å². The number of amides is 1. The molecule has 1 saturated carbocycles. The van der Waals surface area contributed by atoms with Crippen LogP contribution in [0.4, 0.5) is 0 Å². The number of fused-ring (bicyclic) bond motifs is 1. The largest absolute Gasteiger partial charge is 0.388 e. The minimum atomic E-state index is -0.609. The topological polar surface area (TPSA) is 57.8 Å². The van der Waals surface area contributed by atoms with Crippen molar-refractivity contribution in [1.29, 1.82) is 0 Å². The fourth-order valence-electron chi connectivity index (χ4n) is 4.33. The molecule has 0 bridgehead atoms. The second-order valence-corrected chi connectivity index (χ2v) is 7.81. The molecule has 2 aliphatic rings. The van der Waals surface area contributed by atoms with Crippen LogP contribution in [0.25, 0.3) is 5.52 Å². The molecule has 1 N–H and O–H groups in total. The lowest BCUT2D eigenvalue weighted by molar-refractivity contribution is -0.129. The van der Waals surface area contributed by atoms with Crippen LogP contribution in [0, 0.1) is 5.92 Å². The summed E-state index contributed by atoms with van der Waals surface area (Å²) in [6.45, 7) is 8.66. The molecule has 2 atom stereocenters. The Bertz CT molecular complexity index is 938. The third-order valence-corrected chi connectivity index (χ3v) is 5.94. The van der Waals surface area contributed by atoms with E-state index < -0.39 is 6.10 Å². The van der Waals surface area contributed by atoms with E-state index in [-0.39, 0.29) is 11.8 Å². The minimum absolute atomic E-state index is 0.00564. The third kappa shape index (κ3) is 3.42. The normalized spacial score (nSPS) is 21.5. The van der Waals surface area contributed by atoms with Crippen molar-refractivity contribution in [2.24, 2.45) is 5.92 Å². The number of imidazole rings is 1. The molecule has 1 aliphatic carbocycles. The Labute approximate surface area is 165 Å². The number of piperidine rings is 1. The molecule has 1 saturated heterocycles. The first-order valence-corrected chi connectivity index (χ1v) is 10.0. The zero-order valence-corrected chi connectivity index (χ0v) is 16.1. The van der Waals surface area contributed by atoms with Crippen molar-refractivity contribution in [3.8, 4) is 0 Å². The van der Waals surface area contributed by atoms with E-state index in [0.717, 1.165) is 23.9 Å². The summed E-state index contributed by atoms with van der Waals surface area (Å²) < 4.78 is 1.97. The van der Waals surface area contributed by atoms with Gasteiger partial charge in [-0.2, -0.15) is 0 Å². The standard InChI is InChI=1S/C23H27N3O2/c1-3-6-16(4-2)23(28)25-11-5-7-18(14-25)22(27)21-19(17-8-9-17)10-12-26-15-24-13-20(21)26/h3-4,6,10,12-13,15,17-18,22,27H,1-2,5,7-9,11,14H2/b16-6+. The summed E-state index contributed by atoms with van der Waals surface area (Å²) in [4.78, 5) is 18.9. The summed E-state index contributed by atoms with van der Waals surface area (Å²) in [5, 5.41) is 11.4. The predicted octanol–water partition coefficient (Wildman–Crippen LogP) is 3.78. The van der Waals surface area contributed by atoms with E-state index in [1.165, 1.54) is 18.4 Å². The Kier molecular flexibility index (Phi) is 5.18.